The number of rotatable bonds is 6. The minimum Gasteiger partial charge on any atom is -0.467 e. The highest BCUT2D eigenvalue weighted by atomic mass is 35.5. The van der Waals surface area contributed by atoms with Crippen LogP contribution < -0.4 is 15.5 Å². The van der Waals surface area contributed by atoms with Crippen LogP contribution in [-0.2, 0) is 16.1 Å². The van der Waals surface area contributed by atoms with Gasteiger partial charge >= 0.3 is 0 Å². The van der Waals surface area contributed by atoms with E-state index in [2.05, 4.69) is 10.6 Å². The van der Waals surface area contributed by atoms with Crippen molar-refractivity contribution in [3.63, 3.8) is 0 Å². The Hall–Kier alpha value is -3.55. The average molecular weight is 470 g/mol. The van der Waals surface area contributed by atoms with E-state index in [1.807, 2.05) is 0 Å². The highest BCUT2D eigenvalue weighted by molar-refractivity contribution is 6.53. The van der Waals surface area contributed by atoms with E-state index in [9.17, 15) is 14.4 Å². The van der Waals surface area contributed by atoms with Crippen molar-refractivity contribution in [3.05, 3.63) is 93.5 Å². The maximum Gasteiger partial charge on any atom is 0.283 e. The molecule has 3 aromatic rings. The van der Waals surface area contributed by atoms with Gasteiger partial charge in [0.05, 0.1) is 18.5 Å². The first-order chi connectivity index (χ1) is 15.4. The van der Waals surface area contributed by atoms with E-state index < -0.39 is 11.8 Å². The molecule has 0 bridgehead atoms. The van der Waals surface area contributed by atoms with Gasteiger partial charge in [0.25, 0.3) is 17.7 Å². The standard InChI is InChI=1S/C23H17Cl2N3O4/c1-13-17(24)8-3-9-18(13)28-22(30)19(25)20(23(28)31)27-15-6-2-5-14(11-15)21(29)26-12-16-7-4-10-32-16/h2-11,27H,12H2,1H3,(H,26,29). The van der Waals surface area contributed by atoms with Crippen LogP contribution in [0.3, 0.4) is 0 Å². The van der Waals surface area contributed by atoms with Crippen LogP contribution in [0.25, 0.3) is 0 Å². The molecule has 162 valence electrons. The molecule has 2 N–H and O–H groups in total. The lowest BCUT2D eigenvalue weighted by atomic mass is 10.1. The molecule has 9 heteroatoms. The van der Waals surface area contributed by atoms with Crippen molar-refractivity contribution in [1.82, 2.24) is 5.32 Å². The first kappa shape index (κ1) is 21.7. The highest BCUT2D eigenvalue weighted by Crippen LogP contribution is 2.34. The number of anilines is 2. The van der Waals surface area contributed by atoms with Crippen LogP contribution in [-0.4, -0.2) is 17.7 Å². The number of carbonyl (C=O) groups is 3. The molecule has 0 unspecified atom stereocenters. The first-order valence-corrected chi connectivity index (χ1v) is 10.3. The summed E-state index contributed by atoms with van der Waals surface area (Å²) in [5.41, 5.74) is 1.64. The molecule has 2 aromatic carbocycles. The Morgan fingerprint density at radius 1 is 1.03 bits per heavy atom. The molecule has 0 saturated carbocycles. The van der Waals surface area contributed by atoms with Gasteiger partial charge in [-0.25, -0.2) is 4.90 Å². The van der Waals surface area contributed by atoms with Crippen molar-refractivity contribution < 1.29 is 18.8 Å². The van der Waals surface area contributed by atoms with Crippen LogP contribution in [0.1, 0.15) is 21.7 Å². The molecular weight excluding hydrogens is 453 g/mol. The van der Waals surface area contributed by atoms with Gasteiger partial charge in [-0.3, -0.25) is 14.4 Å². The van der Waals surface area contributed by atoms with Crippen molar-refractivity contribution in [1.29, 1.82) is 0 Å². The maximum atomic E-state index is 13.0. The predicted molar refractivity (Wildman–Crippen MR) is 122 cm³/mol. The summed E-state index contributed by atoms with van der Waals surface area (Å²) in [7, 11) is 0. The van der Waals surface area contributed by atoms with Crippen LogP contribution in [0.15, 0.2) is 76.0 Å². The fraction of sp³-hybridized carbons (Fsp3) is 0.0870. The monoisotopic (exact) mass is 469 g/mol. The van der Waals surface area contributed by atoms with Crippen LogP contribution >= 0.6 is 23.2 Å². The summed E-state index contributed by atoms with van der Waals surface area (Å²) in [6.07, 6.45) is 1.53. The lowest BCUT2D eigenvalue weighted by Crippen LogP contribution is -2.32. The van der Waals surface area contributed by atoms with E-state index in [-0.39, 0.29) is 23.2 Å². The lowest BCUT2D eigenvalue weighted by molar-refractivity contribution is -0.120. The van der Waals surface area contributed by atoms with Gasteiger partial charge in [-0.1, -0.05) is 35.3 Å². The number of benzene rings is 2. The van der Waals surface area contributed by atoms with Gasteiger partial charge < -0.3 is 15.1 Å². The Balaban J connectivity index is 1.53. The van der Waals surface area contributed by atoms with Gasteiger partial charge in [-0.2, -0.15) is 0 Å². The summed E-state index contributed by atoms with van der Waals surface area (Å²) in [6, 6.07) is 14.9. The predicted octanol–water partition coefficient (Wildman–Crippen LogP) is 4.61. The Morgan fingerprint density at radius 3 is 2.56 bits per heavy atom. The number of amides is 3. The van der Waals surface area contributed by atoms with Crippen LogP contribution in [0.2, 0.25) is 5.02 Å². The van der Waals surface area contributed by atoms with Crippen LogP contribution in [0, 0.1) is 6.92 Å². The van der Waals surface area contributed by atoms with E-state index in [0.717, 1.165) is 4.90 Å². The van der Waals surface area contributed by atoms with Gasteiger partial charge in [0.15, 0.2) is 0 Å². The zero-order valence-corrected chi connectivity index (χ0v) is 18.3. The van der Waals surface area contributed by atoms with Gasteiger partial charge in [0.1, 0.15) is 16.5 Å². The van der Waals surface area contributed by atoms with Gasteiger partial charge in [-0.15, -0.1) is 0 Å². The second-order valence-electron chi connectivity index (χ2n) is 6.99. The molecule has 0 saturated heterocycles. The SMILES string of the molecule is Cc1c(Cl)cccc1N1C(=O)C(Cl)=C(Nc2cccc(C(=O)NCc3ccco3)c2)C1=O. The molecule has 1 aliphatic heterocycles. The van der Waals surface area contributed by atoms with Crippen LogP contribution in [0.4, 0.5) is 11.4 Å². The molecular formula is C23H17Cl2N3O4. The maximum absolute atomic E-state index is 13.0. The minimum atomic E-state index is -0.656. The van der Waals surface area contributed by atoms with Crippen molar-refractivity contribution in [2.75, 3.05) is 10.2 Å². The molecule has 32 heavy (non-hydrogen) atoms. The molecule has 0 atom stereocenters. The largest absolute Gasteiger partial charge is 0.467 e. The van der Waals surface area contributed by atoms with Crippen LogP contribution in [0.5, 0.6) is 0 Å². The van der Waals surface area contributed by atoms with E-state index in [4.69, 9.17) is 27.6 Å². The fourth-order valence-electron chi connectivity index (χ4n) is 3.23. The van der Waals surface area contributed by atoms with Gasteiger partial charge in [0, 0.05) is 16.3 Å². The smallest absolute Gasteiger partial charge is 0.283 e. The van der Waals surface area contributed by atoms with Crippen molar-refractivity contribution in [2.45, 2.75) is 13.5 Å². The van der Waals surface area contributed by atoms with Gasteiger partial charge in [0.2, 0.25) is 0 Å². The summed E-state index contributed by atoms with van der Waals surface area (Å²) >= 11 is 12.3. The number of nitrogens with one attached hydrogen (secondary N) is 2. The number of furan rings is 1. The van der Waals surface area contributed by atoms with E-state index in [1.54, 1.807) is 61.5 Å². The highest BCUT2D eigenvalue weighted by Gasteiger charge is 2.39. The van der Waals surface area contributed by atoms with E-state index >= 15 is 0 Å². The zero-order chi connectivity index (χ0) is 22.8. The molecule has 0 aliphatic carbocycles. The third-order valence-electron chi connectivity index (χ3n) is 4.90. The minimum absolute atomic E-state index is 0.0795. The number of carbonyl (C=O) groups excluding carboxylic acids is 3. The topological polar surface area (TPSA) is 91.7 Å². The van der Waals surface area contributed by atoms with Crippen molar-refractivity contribution in [2.24, 2.45) is 0 Å². The van der Waals surface area contributed by atoms with Crippen molar-refractivity contribution in [3.8, 4) is 0 Å². The second-order valence-corrected chi connectivity index (χ2v) is 7.77. The summed E-state index contributed by atoms with van der Waals surface area (Å²) in [5.74, 6) is -0.971. The molecule has 3 amide bonds. The lowest BCUT2D eigenvalue weighted by Gasteiger charge is -2.18. The number of halogens is 2. The van der Waals surface area contributed by atoms with Crippen molar-refractivity contribution >= 4 is 52.3 Å². The first-order valence-electron chi connectivity index (χ1n) is 9.58. The number of nitrogens with zero attached hydrogens (tertiary/aromatic N) is 1. The van der Waals surface area contributed by atoms with E-state index in [1.165, 1.54) is 6.26 Å². The molecule has 1 aliphatic rings. The average Bonchev–Trinajstić information content (AvgIpc) is 3.38. The molecule has 4 rings (SSSR count). The molecule has 7 nitrogen and oxygen atoms in total. The summed E-state index contributed by atoms with van der Waals surface area (Å²) in [4.78, 5) is 39.2. The second kappa shape index (κ2) is 8.90. The quantitative estimate of drug-likeness (QED) is 0.514. The molecule has 0 fully saturated rings. The molecule has 2 heterocycles. The van der Waals surface area contributed by atoms with E-state index in [0.29, 0.717) is 33.3 Å². The number of hydrogen-bond acceptors (Lipinski definition) is 5. The summed E-state index contributed by atoms with van der Waals surface area (Å²) in [6.45, 7) is 1.95. The Morgan fingerprint density at radius 2 is 1.81 bits per heavy atom. The number of imide groups is 1. The third-order valence-corrected chi connectivity index (χ3v) is 5.66. The third kappa shape index (κ3) is 4.12. The summed E-state index contributed by atoms with van der Waals surface area (Å²) < 4.78 is 5.20. The normalized spacial score (nSPS) is 13.7. The molecule has 0 spiro atoms. The van der Waals surface area contributed by atoms with Gasteiger partial charge in [-0.05, 0) is 55.0 Å². The zero-order valence-electron chi connectivity index (χ0n) is 16.8. The Labute approximate surface area is 193 Å². The Bertz CT molecular complexity index is 1250. The summed E-state index contributed by atoms with van der Waals surface area (Å²) in [5, 5.41) is 5.80. The molecule has 0 radical (unpaired) electrons. The Kier molecular flexibility index (Phi) is 6.03. The fourth-order valence-corrected chi connectivity index (χ4v) is 3.62. The molecule has 1 aromatic heterocycles. The number of hydrogen-bond donors (Lipinski definition) is 2.